The van der Waals surface area contributed by atoms with Crippen LogP contribution < -0.4 is 5.32 Å². The molecule has 7 nitrogen and oxygen atoms in total. The molecule has 28 heavy (non-hydrogen) atoms. The fourth-order valence-electron chi connectivity index (χ4n) is 3.45. The second-order valence-electron chi connectivity index (χ2n) is 8.38. The van der Waals surface area contributed by atoms with Gasteiger partial charge < -0.3 is 15.1 Å². The van der Waals surface area contributed by atoms with E-state index in [-0.39, 0.29) is 24.9 Å². The van der Waals surface area contributed by atoms with Gasteiger partial charge in [0.2, 0.25) is 17.7 Å². The maximum Gasteiger partial charge on any atom is 0.406 e. The molecule has 0 unspecified atom stereocenters. The number of likely N-dealkylation sites (tertiary alicyclic amines) is 1. The predicted octanol–water partition coefficient (Wildman–Crippen LogP) is 0.846. The van der Waals surface area contributed by atoms with Crippen LogP contribution in [0.25, 0.3) is 0 Å². The summed E-state index contributed by atoms with van der Waals surface area (Å²) in [6.45, 7) is 5.72. The van der Waals surface area contributed by atoms with Crippen molar-refractivity contribution in [1.82, 2.24) is 20.0 Å². The van der Waals surface area contributed by atoms with Gasteiger partial charge in [-0.15, -0.1) is 0 Å². The Bertz CT molecular complexity index is 596. The summed E-state index contributed by atoms with van der Waals surface area (Å²) in [6, 6.07) is -0.561. The van der Waals surface area contributed by atoms with E-state index in [0.717, 1.165) is 4.90 Å². The number of rotatable bonds is 4. The Morgan fingerprint density at radius 2 is 1.68 bits per heavy atom. The van der Waals surface area contributed by atoms with E-state index in [0.29, 0.717) is 39.0 Å². The molecule has 160 valence electrons. The largest absolute Gasteiger partial charge is 0.406 e. The van der Waals surface area contributed by atoms with Crippen molar-refractivity contribution in [1.29, 1.82) is 0 Å². The first kappa shape index (κ1) is 22.4. The summed E-state index contributed by atoms with van der Waals surface area (Å²) in [5.41, 5.74) is -0.581. The number of carbonyl (C=O) groups excluding carboxylic acids is 3. The van der Waals surface area contributed by atoms with Gasteiger partial charge in [-0.1, -0.05) is 20.8 Å². The van der Waals surface area contributed by atoms with E-state index in [1.807, 2.05) is 4.90 Å². The van der Waals surface area contributed by atoms with Crippen LogP contribution in [0.5, 0.6) is 0 Å². The van der Waals surface area contributed by atoms with E-state index >= 15 is 0 Å². The van der Waals surface area contributed by atoms with E-state index in [2.05, 4.69) is 5.32 Å². The van der Waals surface area contributed by atoms with Crippen LogP contribution in [0.2, 0.25) is 0 Å². The second kappa shape index (κ2) is 8.67. The lowest BCUT2D eigenvalue weighted by atomic mass is 9.96. The highest BCUT2D eigenvalue weighted by Gasteiger charge is 2.40. The molecule has 2 aliphatic rings. The summed E-state index contributed by atoms with van der Waals surface area (Å²) in [6.07, 6.45) is -3.34. The topological polar surface area (TPSA) is 73.0 Å². The maximum atomic E-state index is 12.6. The van der Waals surface area contributed by atoms with Crippen molar-refractivity contribution in [2.24, 2.45) is 5.41 Å². The Hall–Kier alpha value is -1.84. The average Bonchev–Trinajstić information content (AvgIpc) is 2.59. The minimum atomic E-state index is -4.40. The van der Waals surface area contributed by atoms with Gasteiger partial charge in [-0.2, -0.15) is 13.2 Å². The maximum absolute atomic E-state index is 12.6. The number of piperidine rings is 1. The minimum Gasteiger partial charge on any atom is -0.347 e. The number of nitrogens with one attached hydrogen (secondary N) is 1. The highest BCUT2D eigenvalue weighted by Crippen LogP contribution is 2.23. The average molecular weight is 406 g/mol. The van der Waals surface area contributed by atoms with Crippen LogP contribution in [0.4, 0.5) is 13.2 Å². The van der Waals surface area contributed by atoms with E-state index in [9.17, 15) is 27.6 Å². The Labute approximate surface area is 163 Å². The van der Waals surface area contributed by atoms with Crippen LogP contribution in [-0.2, 0) is 14.4 Å². The van der Waals surface area contributed by atoms with Crippen molar-refractivity contribution >= 4 is 17.7 Å². The summed E-state index contributed by atoms with van der Waals surface area (Å²) in [4.78, 5) is 40.9. The fraction of sp³-hybridized carbons (Fsp3) is 0.833. The third kappa shape index (κ3) is 6.08. The van der Waals surface area contributed by atoms with Crippen LogP contribution in [0, 0.1) is 5.41 Å². The Balaban J connectivity index is 1.83. The van der Waals surface area contributed by atoms with Gasteiger partial charge in [0.15, 0.2) is 0 Å². The highest BCUT2D eigenvalue weighted by atomic mass is 19.4. The summed E-state index contributed by atoms with van der Waals surface area (Å²) in [5.74, 6) is -0.899. The van der Waals surface area contributed by atoms with Gasteiger partial charge in [0.25, 0.3) is 0 Å². The quantitative estimate of drug-likeness (QED) is 0.751. The SMILES string of the molecule is CC(C)(C)C(=O)NCC(=O)N1CCN([C@@H]2CCCN(CC(F)(F)F)C2=O)CC1. The van der Waals surface area contributed by atoms with Crippen LogP contribution in [0.1, 0.15) is 33.6 Å². The molecule has 0 aromatic rings. The number of carbonyl (C=O) groups is 3. The van der Waals surface area contributed by atoms with Crippen molar-refractivity contribution in [2.75, 3.05) is 45.8 Å². The van der Waals surface area contributed by atoms with Gasteiger partial charge in [0, 0.05) is 38.1 Å². The Morgan fingerprint density at radius 1 is 1.07 bits per heavy atom. The smallest absolute Gasteiger partial charge is 0.347 e. The molecule has 0 aromatic heterocycles. The van der Waals surface area contributed by atoms with E-state index in [1.165, 1.54) is 0 Å². The molecule has 2 rings (SSSR count). The number of halogens is 3. The van der Waals surface area contributed by atoms with E-state index < -0.39 is 30.1 Å². The zero-order valence-corrected chi connectivity index (χ0v) is 16.6. The molecule has 2 aliphatic heterocycles. The Kier molecular flexibility index (Phi) is 6.95. The molecule has 3 amide bonds. The third-order valence-electron chi connectivity index (χ3n) is 5.06. The summed E-state index contributed by atoms with van der Waals surface area (Å²) < 4.78 is 37.9. The number of amides is 3. The van der Waals surface area contributed by atoms with Crippen molar-refractivity contribution < 1.29 is 27.6 Å². The number of hydrogen-bond donors (Lipinski definition) is 1. The number of nitrogens with zero attached hydrogens (tertiary/aromatic N) is 3. The fourth-order valence-corrected chi connectivity index (χ4v) is 3.45. The first-order valence-corrected chi connectivity index (χ1v) is 9.54. The van der Waals surface area contributed by atoms with Gasteiger partial charge >= 0.3 is 6.18 Å². The number of hydrogen-bond acceptors (Lipinski definition) is 4. The first-order chi connectivity index (χ1) is 12.9. The molecular weight excluding hydrogens is 377 g/mol. The standard InChI is InChI=1S/C18H29F3N4O3/c1-17(2,3)16(28)22-11-14(26)24-9-7-23(8-10-24)13-5-4-6-25(15(13)27)12-18(19,20)21/h13H,4-12H2,1-3H3,(H,22,28)/t13-/m1/s1. The normalized spacial score (nSPS) is 22.4. The summed E-state index contributed by atoms with van der Waals surface area (Å²) in [5, 5.41) is 2.62. The summed E-state index contributed by atoms with van der Waals surface area (Å²) in [7, 11) is 0. The monoisotopic (exact) mass is 406 g/mol. The van der Waals surface area contributed by atoms with E-state index in [1.54, 1.807) is 25.7 Å². The molecule has 0 aliphatic carbocycles. The van der Waals surface area contributed by atoms with Crippen molar-refractivity contribution in [3.8, 4) is 0 Å². The lowest BCUT2D eigenvalue weighted by Gasteiger charge is -2.42. The molecule has 2 fully saturated rings. The van der Waals surface area contributed by atoms with Crippen molar-refractivity contribution in [2.45, 2.75) is 45.8 Å². The van der Waals surface area contributed by atoms with Gasteiger partial charge in [0.1, 0.15) is 6.54 Å². The van der Waals surface area contributed by atoms with Gasteiger partial charge in [-0.25, -0.2) is 0 Å². The molecule has 0 bridgehead atoms. The Morgan fingerprint density at radius 3 is 2.21 bits per heavy atom. The van der Waals surface area contributed by atoms with Crippen LogP contribution in [0.3, 0.4) is 0 Å². The molecule has 1 atom stereocenters. The molecule has 0 spiro atoms. The minimum absolute atomic E-state index is 0.0855. The molecular formula is C18H29F3N4O3. The van der Waals surface area contributed by atoms with Crippen LogP contribution in [0.15, 0.2) is 0 Å². The molecule has 0 radical (unpaired) electrons. The zero-order valence-electron chi connectivity index (χ0n) is 16.6. The predicted molar refractivity (Wildman–Crippen MR) is 96.3 cm³/mol. The molecule has 1 N–H and O–H groups in total. The molecule has 2 saturated heterocycles. The molecule has 2 heterocycles. The summed E-state index contributed by atoms with van der Waals surface area (Å²) >= 11 is 0. The number of alkyl halides is 3. The highest BCUT2D eigenvalue weighted by molar-refractivity contribution is 5.87. The zero-order chi connectivity index (χ0) is 21.1. The second-order valence-corrected chi connectivity index (χ2v) is 8.38. The number of piperazine rings is 1. The lowest BCUT2D eigenvalue weighted by molar-refractivity contribution is -0.168. The van der Waals surface area contributed by atoms with Gasteiger partial charge in [-0.05, 0) is 12.8 Å². The molecule has 0 aromatic carbocycles. The van der Waals surface area contributed by atoms with Gasteiger partial charge in [0.05, 0.1) is 12.6 Å². The lowest BCUT2D eigenvalue weighted by Crippen LogP contribution is -2.59. The van der Waals surface area contributed by atoms with Gasteiger partial charge in [-0.3, -0.25) is 19.3 Å². The molecule has 10 heteroatoms. The van der Waals surface area contributed by atoms with Crippen molar-refractivity contribution in [3.05, 3.63) is 0 Å². The third-order valence-corrected chi connectivity index (χ3v) is 5.06. The molecule has 0 saturated carbocycles. The van der Waals surface area contributed by atoms with Crippen LogP contribution in [-0.4, -0.2) is 90.5 Å². The van der Waals surface area contributed by atoms with Crippen LogP contribution >= 0.6 is 0 Å². The van der Waals surface area contributed by atoms with Crippen molar-refractivity contribution in [3.63, 3.8) is 0 Å². The first-order valence-electron chi connectivity index (χ1n) is 9.54. The van der Waals surface area contributed by atoms with E-state index in [4.69, 9.17) is 0 Å².